The Labute approximate surface area is 131 Å². The molecule has 0 atom stereocenters. The van der Waals surface area contributed by atoms with E-state index in [-0.39, 0.29) is 11.4 Å². The molecule has 22 heavy (non-hydrogen) atoms. The Morgan fingerprint density at radius 3 is 2.32 bits per heavy atom. The minimum absolute atomic E-state index is 0.0516. The summed E-state index contributed by atoms with van der Waals surface area (Å²) < 4.78 is 5.06. The van der Waals surface area contributed by atoms with E-state index in [1.54, 1.807) is 17.8 Å². The summed E-state index contributed by atoms with van der Waals surface area (Å²) in [5, 5.41) is 10.5. The highest BCUT2D eigenvalue weighted by Crippen LogP contribution is 2.18. The van der Waals surface area contributed by atoms with Crippen molar-refractivity contribution in [2.75, 3.05) is 6.26 Å². The van der Waals surface area contributed by atoms with Gasteiger partial charge in [0, 0.05) is 23.1 Å². The third-order valence-electron chi connectivity index (χ3n) is 2.79. The highest BCUT2D eigenvalue weighted by atomic mass is 32.2. The fourth-order valence-electron chi connectivity index (χ4n) is 1.67. The molecule has 0 heterocycles. The van der Waals surface area contributed by atoms with E-state index in [0.29, 0.717) is 0 Å². The Bertz CT molecular complexity index is 693. The molecule has 0 aliphatic carbocycles. The Kier molecular flexibility index (Phi) is 5.32. The number of carbonyl (C=O) groups excluding carboxylic acids is 1. The van der Waals surface area contributed by atoms with Crippen LogP contribution < -0.4 is 4.74 Å². The monoisotopic (exact) mass is 315 g/mol. The highest BCUT2D eigenvalue weighted by molar-refractivity contribution is 7.98. The number of rotatable bonds is 5. The van der Waals surface area contributed by atoms with Crippen molar-refractivity contribution in [2.24, 2.45) is 0 Å². The third-order valence-corrected chi connectivity index (χ3v) is 3.54. The number of hydrogen-bond donors (Lipinski definition) is 0. The van der Waals surface area contributed by atoms with E-state index in [0.717, 1.165) is 10.5 Å². The number of ether oxygens (including phenoxy) is 1. The number of non-ortho nitro benzene ring substituents is 1. The summed E-state index contributed by atoms with van der Waals surface area (Å²) in [7, 11) is 0. The average Bonchev–Trinajstić information content (AvgIpc) is 2.54. The molecule has 6 heteroatoms. The maximum atomic E-state index is 11.7. The van der Waals surface area contributed by atoms with Crippen molar-refractivity contribution in [1.29, 1.82) is 0 Å². The van der Waals surface area contributed by atoms with Crippen LogP contribution in [0.3, 0.4) is 0 Å². The molecule has 2 aromatic carbocycles. The molecule has 0 radical (unpaired) electrons. The Balaban J connectivity index is 1.96. The third kappa shape index (κ3) is 4.46. The lowest BCUT2D eigenvalue weighted by Crippen LogP contribution is -2.03. The van der Waals surface area contributed by atoms with E-state index in [1.165, 1.54) is 30.3 Å². The number of esters is 1. The Morgan fingerprint density at radius 2 is 1.77 bits per heavy atom. The van der Waals surface area contributed by atoms with E-state index >= 15 is 0 Å². The molecule has 0 saturated carbocycles. The number of nitro groups is 1. The van der Waals surface area contributed by atoms with E-state index in [9.17, 15) is 14.9 Å². The fourth-order valence-corrected chi connectivity index (χ4v) is 2.07. The van der Waals surface area contributed by atoms with Crippen LogP contribution >= 0.6 is 11.8 Å². The van der Waals surface area contributed by atoms with Gasteiger partial charge in [0.15, 0.2) is 0 Å². The molecule has 112 valence electrons. The molecular weight excluding hydrogens is 302 g/mol. The van der Waals surface area contributed by atoms with Gasteiger partial charge in [-0.15, -0.1) is 11.8 Å². The van der Waals surface area contributed by atoms with Gasteiger partial charge < -0.3 is 4.74 Å². The lowest BCUT2D eigenvalue weighted by atomic mass is 10.2. The molecule has 0 aromatic heterocycles. The van der Waals surface area contributed by atoms with Gasteiger partial charge >= 0.3 is 5.97 Å². The van der Waals surface area contributed by atoms with E-state index in [4.69, 9.17) is 4.74 Å². The van der Waals surface area contributed by atoms with Crippen LogP contribution in [0, 0.1) is 10.1 Å². The zero-order valence-electron chi connectivity index (χ0n) is 11.8. The summed E-state index contributed by atoms with van der Waals surface area (Å²) in [6.07, 6.45) is 4.96. The first-order chi connectivity index (χ1) is 10.6. The van der Waals surface area contributed by atoms with Gasteiger partial charge in [0.2, 0.25) is 0 Å². The summed E-state index contributed by atoms with van der Waals surface area (Å²) in [5.74, 6) is -0.277. The molecule has 0 aliphatic rings. The molecule has 0 fully saturated rings. The van der Waals surface area contributed by atoms with Gasteiger partial charge in [-0.3, -0.25) is 10.1 Å². The predicted molar refractivity (Wildman–Crippen MR) is 86.0 cm³/mol. The van der Waals surface area contributed by atoms with Crippen LogP contribution in [0.15, 0.2) is 59.5 Å². The van der Waals surface area contributed by atoms with Crippen LogP contribution in [0.4, 0.5) is 5.69 Å². The highest BCUT2D eigenvalue weighted by Gasteiger charge is 2.06. The van der Waals surface area contributed by atoms with E-state index < -0.39 is 10.9 Å². The van der Waals surface area contributed by atoms with Crippen LogP contribution in [0.25, 0.3) is 6.08 Å². The molecule has 0 aliphatic heterocycles. The van der Waals surface area contributed by atoms with Crippen molar-refractivity contribution in [1.82, 2.24) is 0 Å². The van der Waals surface area contributed by atoms with E-state index in [1.807, 2.05) is 30.5 Å². The van der Waals surface area contributed by atoms with Crippen LogP contribution in [-0.2, 0) is 4.79 Å². The molecular formula is C16H13NO4S. The summed E-state index contributed by atoms with van der Waals surface area (Å²) in [6.45, 7) is 0. The van der Waals surface area contributed by atoms with Crippen molar-refractivity contribution in [3.63, 3.8) is 0 Å². The number of benzene rings is 2. The number of nitro benzene ring substituents is 1. The van der Waals surface area contributed by atoms with Crippen molar-refractivity contribution in [3.05, 3.63) is 70.3 Å². The van der Waals surface area contributed by atoms with Crippen molar-refractivity contribution < 1.29 is 14.5 Å². The first-order valence-electron chi connectivity index (χ1n) is 6.37. The van der Waals surface area contributed by atoms with Gasteiger partial charge in [0.25, 0.3) is 5.69 Å². The molecule has 0 amide bonds. The number of nitrogens with zero attached hydrogens (tertiary/aromatic N) is 1. The molecule has 0 N–H and O–H groups in total. The van der Waals surface area contributed by atoms with Gasteiger partial charge in [-0.25, -0.2) is 4.79 Å². The summed E-state index contributed by atoms with van der Waals surface area (Å²) in [4.78, 5) is 22.8. The smallest absolute Gasteiger partial charge is 0.336 e. The zero-order chi connectivity index (χ0) is 15.9. The first kappa shape index (κ1) is 15.8. The number of hydrogen-bond acceptors (Lipinski definition) is 5. The molecule has 0 spiro atoms. The second kappa shape index (κ2) is 7.42. The molecule has 2 rings (SSSR count). The van der Waals surface area contributed by atoms with Gasteiger partial charge in [-0.1, -0.05) is 12.1 Å². The average molecular weight is 315 g/mol. The number of thioether (sulfide) groups is 1. The lowest BCUT2D eigenvalue weighted by Gasteiger charge is -2.00. The van der Waals surface area contributed by atoms with Crippen LogP contribution in [0.2, 0.25) is 0 Å². The summed E-state index contributed by atoms with van der Waals surface area (Å²) in [6, 6.07) is 13.1. The van der Waals surface area contributed by atoms with Gasteiger partial charge in [0.1, 0.15) is 5.75 Å². The van der Waals surface area contributed by atoms with Crippen molar-refractivity contribution in [3.8, 4) is 5.75 Å². The molecule has 0 saturated heterocycles. The fraction of sp³-hybridized carbons (Fsp3) is 0.0625. The molecule has 5 nitrogen and oxygen atoms in total. The van der Waals surface area contributed by atoms with Gasteiger partial charge in [-0.05, 0) is 42.2 Å². The Morgan fingerprint density at radius 1 is 1.14 bits per heavy atom. The zero-order valence-corrected chi connectivity index (χ0v) is 12.6. The molecule has 0 bridgehead atoms. The SMILES string of the molecule is CSc1ccc(/C=C/C(=O)Oc2ccc([N+](=O)[O-])cc2)cc1. The first-order valence-corrected chi connectivity index (χ1v) is 7.59. The predicted octanol–water partition coefficient (Wildman–Crippen LogP) is 3.94. The quantitative estimate of drug-likeness (QED) is 0.209. The minimum Gasteiger partial charge on any atom is -0.423 e. The lowest BCUT2D eigenvalue weighted by molar-refractivity contribution is -0.384. The van der Waals surface area contributed by atoms with Crippen LogP contribution in [0.1, 0.15) is 5.56 Å². The normalized spacial score (nSPS) is 10.6. The topological polar surface area (TPSA) is 69.4 Å². The van der Waals surface area contributed by atoms with Gasteiger partial charge in [0.05, 0.1) is 4.92 Å². The van der Waals surface area contributed by atoms with Crippen molar-refractivity contribution >= 4 is 29.5 Å². The maximum Gasteiger partial charge on any atom is 0.336 e. The van der Waals surface area contributed by atoms with Crippen molar-refractivity contribution in [2.45, 2.75) is 4.90 Å². The molecule has 2 aromatic rings. The largest absolute Gasteiger partial charge is 0.423 e. The van der Waals surface area contributed by atoms with Gasteiger partial charge in [-0.2, -0.15) is 0 Å². The van der Waals surface area contributed by atoms with Crippen LogP contribution in [0.5, 0.6) is 5.75 Å². The second-order valence-electron chi connectivity index (χ2n) is 4.28. The minimum atomic E-state index is -0.539. The standard InChI is InChI=1S/C16H13NO4S/c1-22-15-9-2-12(3-10-15)4-11-16(18)21-14-7-5-13(6-8-14)17(19)20/h2-11H,1H3/b11-4+. The summed E-state index contributed by atoms with van der Waals surface area (Å²) >= 11 is 1.64. The summed E-state index contributed by atoms with van der Waals surface area (Å²) in [5.41, 5.74) is 0.836. The molecule has 0 unspecified atom stereocenters. The Hall–Kier alpha value is -2.60. The maximum absolute atomic E-state index is 11.7. The van der Waals surface area contributed by atoms with E-state index in [2.05, 4.69) is 0 Å². The van der Waals surface area contributed by atoms with Crippen LogP contribution in [-0.4, -0.2) is 17.1 Å². The number of carbonyl (C=O) groups is 1. The second-order valence-corrected chi connectivity index (χ2v) is 5.16.